The molecule has 4 rings (SSSR count). The molecular weight excluding hydrogens is 388 g/mol. The first-order valence-corrected chi connectivity index (χ1v) is 8.87. The predicted octanol–water partition coefficient (Wildman–Crippen LogP) is 3.63. The number of carbonyl (C=O) groups is 3. The molecule has 30 heavy (non-hydrogen) atoms. The van der Waals surface area contributed by atoms with Gasteiger partial charge in [-0.1, -0.05) is 36.4 Å². The number of nitro benzene ring substituents is 1. The van der Waals surface area contributed by atoms with Crippen molar-refractivity contribution in [1.29, 1.82) is 0 Å². The molecule has 0 aliphatic heterocycles. The van der Waals surface area contributed by atoms with E-state index >= 15 is 0 Å². The molecule has 0 aromatic heterocycles. The number of fused-ring (bicyclic) bond motifs is 2. The fourth-order valence-corrected chi connectivity index (χ4v) is 3.42. The van der Waals surface area contributed by atoms with Crippen LogP contribution in [0.4, 0.5) is 11.4 Å². The predicted molar refractivity (Wildman–Crippen MR) is 107 cm³/mol. The second kappa shape index (κ2) is 7.25. The van der Waals surface area contributed by atoms with Gasteiger partial charge in [0.25, 0.3) is 5.91 Å². The number of anilines is 1. The summed E-state index contributed by atoms with van der Waals surface area (Å²) in [4.78, 5) is 49.1. The zero-order valence-electron chi connectivity index (χ0n) is 15.7. The summed E-state index contributed by atoms with van der Waals surface area (Å²) < 4.78 is 4.94. The molecular formula is C22H14N2O6. The van der Waals surface area contributed by atoms with Crippen LogP contribution in [0, 0.1) is 10.1 Å². The topological polar surface area (TPSA) is 116 Å². The number of nitro groups is 1. The summed E-state index contributed by atoms with van der Waals surface area (Å²) in [6.45, 7) is 0. The average Bonchev–Trinajstić information content (AvgIpc) is 2.76. The Morgan fingerprint density at radius 2 is 1.60 bits per heavy atom. The van der Waals surface area contributed by atoms with Crippen molar-refractivity contribution in [2.75, 3.05) is 12.4 Å². The molecule has 0 atom stereocenters. The van der Waals surface area contributed by atoms with E-state index in [0.29, 0.717) is 5.56 Å². The number of rotatable bonds is 4. The minimum atomic E-state index is -0.659. The van der Waals surface area contributed by atoms with E-state index in [1.807, 2.05) is 0 Å². The van der Waals surface area contributed by atoms with Crippen LogP contribution in [0.1, 0.15) is 42.2 Å². The first-order valence-electron chi connectivity index (χ1n) is 8.87. The Kier molecular flexibility index (Phi) is 4.59. The van der Waals surface area contributed by atoms with E-state index in [-0.39, 0.29) is 50.9 Å². The Morgan fingerprint density at radius 1 is 0.933 bits per heavy atom. The third-order valence-electron chi connectivity index (χ3n) is 4.84. The molecule has 1 amide bonds. The first kappa shape index (κ1) is 19.0. The van der Waals surface area contributed by atoms with E-state index in [4.69, 9.17) is 4.74 Å². The molecule has 3 aromatic rings. The number of hydrogen-bond donors (Lipinski definition) is 1. The first-order chi connectivity index (χ1) is 14.4. The van der Waals surface area contributed by atoms with E-state index in [0.717, 1.165) is 6.07 Å². The van der Waals surface area contributed by atoms with Crippen molar-refractivity contribution in [3.8, 4) is 5.75 Å². The maximum absolute atomic E-state index is 13.0. The van der Waals surface area contributed by atoms with Crippen molar-refractivity contribution in [3.63, 3.8) is 0 Å². The Hall–Kier alpha value is -4.33. The number of nitrogens with one attached hydrogen (secondary N) is 1. The maximum atomic E-state index is 13.0. The minimum Gasteiger partial charge on any atom is -0.490 e. The van der Waals surface area contributed by atoms with Gasteiger partial charge < -0.3 is 10.1 Å². The molecule has 3 aromatic carbocycles. The van der Waals surface area contributed by atoms with Gasteiger partial charge in [-0.05, 0) is 18.2 Å². The molecule has 148 valence electrons. The van der Waals surface area contributed by atoms with Crippen molar-refractivity contribution < 1.29 is 24.0 Å². The Labute approximate surface area is 170 Å². The highest BCUT2D eigenvalue weighted by atomic mass is 16.6. The standard InChI is InChI=1S/C22H14N2O6/c1-30-18-10-9-12(11-17(18)24(28)29)22(27)23-16-8-4-7-15-19(16)21(26)14-6-3-2-5-13(14)20(15)25/h2-11H,1H3,(H,23,27). The number of nitrogens with zero attached hydrogens (tertiary/aromatic N) is 1. The lowest BCUT2D eigenvalue weighted by atomic mass is 9.83. The van der Waals surface area contributed by atoms with Crippen LogP contribution in [0.5, 0.6) is 5.75 Å². The van der Waals surface area contributed by atoms with E-state index in [2.05, 4.69) is 5.32 Å². The summed E-state index contributed by atoms with van der Waals surface area (Å²) in [7, 11) is 1.29. The number of benzene rings is 3. The maximum Gasteiger partial charge on any atom is 0.311 e. The molecule has 0 fully saturated rings. The number of amides is 1. The lowest BCUT2D eigenvalue weighted by Gasteiger charge is -2.20. The van der Waals surface area contributed by atoms with E-state index in [1.165, 1.54) is 31.4 Å². The molecule has 0 heterocycles. The van der Waals surface area contributed by atoms with Crippen molar-refractivity contribution >= 4 is 28.8 Å². The van der Waals surface area contributed by atoms with Crippen LogP contribution >= 0.6 is 0 Å². The summed E-state index contributed by atoms with van der Waals surface area (Å²) in [5.41, 5.74) is 0.662. The van der Waals surface area contributed by atoms with E-state index < -0.39 is 10.8 Å². The smallest absolute Gasteiger partial charge is 0.311 e. The van der Waals surface area contributed by atoms with Crippen LogP contribution in [0.2, 0.25) is 0 Å². The number of ketones is 2. The molecule has 0 saturated heterocycles. The van der Waals surface area contributed by atoms with Gasteiger partial charge in [-0.15, -0.1) is 0 Å². The fraction of sp³-hybridized carbons (Fsp3) is 0.0455. The Morgan fingerprint density at radius 3 is 2.27 bits per heavy atom. The molecule has 1 aliphatic carbocycles. The highest BCUT2D eigenvalue weighted by Crippen LogP contribution is 2.33. The molecule has 1 N–H and O–H groups in total. The lowest BCUT2D eigenvalue weighted by molar-refractivity contribution is -0.385. The summed E-state index contributed by atoms with van der Waals surface area (Å²) in [5, 5.41) is 13.8. The molecule has 0 saturated carbocycles. The van der Waals surface area contributed by atoms with Gasteiger partial charge in [0.2, 0.25) is 0 Å². The number of hydrogen-bond acceptors (Lipinski definition) is 6. The number of carbonyl (C=O) groups excluding carboxylic acids is 3. The van der Waals surface area contributed by atoms with Gasteiger partial charge in [-0.2, -0.15) is 0 Å². The largest absolute Gasteiger partial charge is 0.490 e. The van der Waals surface area contributed by atoms with Gasteiger partial charge in [0.1, 0.15) is 0 Å². The molecule has 0 spiro atoms. The zero-order chi connectivity index (χ0) is 21.4. The van der Waals surface area contributed by atoms with Crippen LogP contribution in [-0.4, -0.2) is 29.5 Å². The van der Waals surface area contributed by atoms with Gasteiger partial charge in [0, 0.05) is 28.3 Å². The fourth-order valence-electron chi connectivity index (χ4n) is 3.42. The SMILES string of the molecule is COc1ccc(C(=O)Nc2cccc3c2C(=O)c2ccccc2C3=O)cc1[N+](=O)[O-]. The average molecular weight is 402 g/mol. The van der Waals surface area contributed by atoms with Crippen molar-refractivity contribution in [2.45, 2.75) is 0 Å². The molecule has 1 aliphatic rings. The van der Waals surface area contributed by atoms with Crippen molar-refractivity contribution in [3.05, 3.63) is 98.6 Å². The van der Waals surface area contributed by atoms with Crippen LogP contribution in [0.25, 0.3) is 0 Å². The molecule has 0 radical (unpaired) electrons. The van der Waals surface area contributed by atoms with Gasteiger partial charge in [-0.3, -0.25) is 24.5 Å². The summed E-state index contributed by atoms with van der Waals surface area (Å²) in [5.74, 6) is -1.33. The van der Waals surface area contributed by atoms with E-state index in [1.54, 1.807) is 30.3 Å². The third-order valence-corrected chi connectivity index (χ3v) is 4.84. The monoisotopic (exact) mass is 402 g/mol. The Balaban J connectivity index is 1.73. The molecule has 8 heteroatoms. The molecule has 0 unspecified atom stereocenters. The summed E-state index contributed by atoms with van der Waals surface area (Å²) >= 11 is 0. The normalized spacial score (nSPS) is 12.0. The second-order valence-electron chi connectivity index (χ2n) is 6.53. The lowest BCUT2D eigenvalue weighted by Crippen LogP contribution is -2.24. The molecule has 8 nitrogen and oxygen atoms in total. The van der Waals surface area contributed by atoms with E-state index in [9.17, 15) is 24.5 Å². The van der Waals surface area contributed by atoms with Crippen LogP contribution in [0.3, 0.4) is 0 Å². The second-order valence-corrected chi connectivity index (χ2v) is 6.53. The molecule has 0 bridgehead atoms. The van der Waals surface area contributed by atoms with Crippen LogP contribution < -0.4 is 10.1 Å². The Bertz CT molecular complexity index is 1250. The highest BCUT2D eigenvalue weighted by molar-refractivity contribution is 6.30. The number of ether oxygens (including phenoxy) is 1. The highest BCUT2D eigenvalue weighted by Gasteiger charge is 2.31. The summed E-state index contributed by atoms with van der Waals surface area (Å²) in [6.07, 6.45) is 0. The quantitative estimate of drug-likeness (QED) is 0.412. The van der Waals surface area contributed by atoms with Crippen molar-refractivity contribution in [2.24, 2.45) is 0 Å². The number of methoxy groups -OCH3 is 1. The van der Waals surface area contributed by atoms with Gasteiger partial charge >= 0.3 is 5.69 Å². The zero-order valence-corrected chi connectivity index (χ0v) is 15.7. The van der Waals surface area contributed by atoms with Crippen LogP contribution in [0.15, 0.2) is 60.7 Å². The van der Waals surface area contributed by atoms with Gasteiger partial charge in [0.15, 0.2) is 17.3 Å². The minimum absolute atomic E-state index is 0.00934. The van der Waals surface area contributed by atoms with Crippen molar-refractivity contribution in [1.82, 2.24) is 0 Å². The third kappa shape index (κ3) is 3.00. The summed E-state index contributed by atoms with van der Waals surface area (Å²) in [6, 6.07) is 14.9. The van der Waals surface area contributed by atoms with Gasteiger partial charge in [0.05, 0.1) is 23.3 Å². The van der Waals surface area contributed by atoms with Crippen LogP contribution in [-0.2, 0) is 0 Å². The van der Waals surface area contributed by atoms with Gasteiger partial charge in [-0.25, -0.2) is 0 Å².